The Kier molecular flexibility index (Phi) is 5.67. The smallest absolute Gasteiger partial charge is 0.206 e. The molecular weight excluding hydrogens is 290 g/mol. The predicted molar refractivity (Wildman–Crippen MR) is 86.2 cm³/mol. The Balaban J connectivity index is 1.68. The minimum atomic E-state index is 0.730. The summed E-state index contributed by atoms with van der Waals surface area (Å²) in [5, 5.41) is 11.9. The van der Waals surface area contributed by atoms with Gasteiger partial charge in [0.1, 0.15) is 5.75 Å². The number of ether oxygens (including phenoxy) is 1. The van der Waals surface area contributed by atoms with Crippen LogP contribution in [0.2, 0.25) is 0 Å². The molecule has 0 atom stereocenters. The van der Waals surface area contributed by atoms with E-state index < -0.39 is 0 Å². The Bertz CT molecular complexity index is 537. The van der Waals surface area contributed by atoms with Crippen molar-refractivity contribution >= 4 is 28.2 Å². The summed E-state index contributed by atoms with van der Waals surface area (Å²) >= 11 is 3.30. The zero-order chi connectivity index (χ0) is 14.4. The van der Waals surface area contributed by atoms with Gasteiger partial charge >= 0.3 is 0 Å². The fourth-order valence-electron chi connectivity index (χ4n) is 1.79. The Morgan fingerprint density at radius 3 is 2.60 bits per heavy atom. The van der Waals surface area contributed by atoms with Gasteiger partial charge in [-0.05, 0) is 43.5 Å². The highest BCUT2D eigenvalue weighted by Crippen LogP contribution is 2.25. The zero-order valence-corrected chi connectivity index (χ0v) is 13.6. The van der Waals surface area contributed by atoms with E-state index in [9.17, 15) is 0 Å². The molecule has 4 nitrogen and oxygen atoms in total. The lowest BCUT2D eigenvalue weighted by Crippen LogP contribution is -1.99. The molecule has 0 unspecified atom stereocenters. The van der Waals surface area contributed by atoms with E-state index >= 15 is 0 Å². The molecule has 2 rings (SSSR count). The molecule has 1 heterocycles. The number of anilines is 1. The Morgan fingerprint density at radius 2 is 1.95 bits per heavy atom. The van der Waals surface area contributed by atoms with Gasteiger partial charge in [0.25, 0.3) is 0 Å². The maximum atomic E-state index is 5.77. The first-order chi connectivity index (χ1) is 9.67. The number of rotatable bonds is 7. The molecule has 0 radical (unpaired) electrons. The molecule has 0 bridgehead atoms. The highest BCUT2D eigenvalue weighted by atomic mass is 32.2. The number of aryl methyl sites for hydroxylation is 2. The van der Waals surface area contributed by atoms with Crippen LogP contribution in [0.1, 0.15) is 17.5 Å². The van der Waals surface area contributed by atoms with Crippen molar-refractivity contribution < 1.29 is 4.74 Å². The van der Waals surface area contributed by atoms with Gasteiger partial charge in [-0.2, -0.15) is 0 Å². The van der Waals surface area contributed by atoms with Crippen LogP contribution in [0.25, 0.3) is 0 Å². The molecule has 0 aliphatic heterocycles. The Hall–Kier alpha value is -1.27. The summed E-state index contributed by atoms with van der Waals surface area (Å²) in [4.78, 5) is 0. The summed E-state index contributed by atoms with van der Waals surface area (Å²) in [5.41, 5.74) is 2.48. The average molecular weight is 309 g/mol. The zero-order valence-electron chi connectivity index (χ0n) is 12.0. The lowest BCUT2D eigenvalue weighted by Gasteiger charge is -2.07. The van der Waals surface area contributed by atoms with Crippen LogP contribution in [0.15, 0.2) is 22.5 Å². The van der Waals surface area contributed by atoms with Gasteiger partial charge in [-0.25, -0.2) is 0 Å². The summed E-state index contributed by atoms with van der Waals surface area (Å²) in [5.74, 6) is 1.95. The number of nitrogens with one attached hydrogen (secondary N) is 1. The minimum Gasteiger partial charge on any atom is -0.494 e. The number of aromatic nitrogens is 2. The van der Waals surface area contributed by atoms with Crippen LogP contribution in [0.5, 0.6) is 5.75 Å². The summed E-state index contributed by atoms with van der Waals surface area (Å²) < 4.78 is 6.77. The molecule has 20 heavy (non-hydrogen) atoms. The molecule has 1 aromatic heterocycles. The van der Waals surface area contributed by atoms with Crippen LogP contribution in [-0.4, -0.2) is 29.6 Å². The number of hydrogen-bond donors (Lipinski definition) is 1. The van der Waals surface area contributed by atoms with E-state index in [4.69, 9.17) is 4.74 Å². The van der Waals surface area contributed by atoms with Crippen molar-refractivity contribution in [3.8, 4) is 5.75 Å². The van der Waals surface area contributed by atoms with Crippen molar-refractivity contribution in [2.75, 3.05) is 24.7 Å². The Morgan fingerprint density at radius 1 is 1.20 bits per heavy atom. The highest BCUT2D eigenvalue weighted by molar-refractivity contribution is 8.01. The van der Waals surface area contributed by atoms with Gasteiger partial charge in [-0.3, -0.25) is 0 Å². The van der Waals surface area contributed by atoms with Crippen molar-refractivity contribution in [2.24, 2.45) is 0 Å². The van der Waals surface area contributed by atoms with E-state index in [0.717, 1.165) is 34.0 Å². The maximum absolute atomic E-state index is 5.77. The number of nitrogens with zero attached hydrogens (tertiary/aromatic N) is 2. The van der Waals surface area contributed by atoms with Crippen LogP contribution in [-0.2, 0) is 0 Å². The minimum absolute atomic E-state index is 0.730. The third-order valence-electron chi connectivity index (χ3n) is 2.60. The van der Waals surface area contributed by atoms with Crippen molar-refractivity contribution in [3.63, 3.8) is 0 Å². The van der Waals surface area contributed by atoms with E-state index in [1.807, 2.05) is 7.05 Å². The molecule has 0 saturated carbocycles. The van der Waals surface area contributed by atoms with Gasteiger partial charge in [0.15, 0.2) is 4.34 Å². The molecule has 1 aromatic carbocycles. The van der Waals surface area contributed by atoms with Crippen molar-refractivity contribution in [3.05, 3.63) is 29.3 Å². The molecule has 0 spiro atoms. The molecule has 0 saturated heterocycles. The largest absolute Gasteiger partial charge is 0.494 e. The number of thioether (sulfide) groups is 1. The second kappa shape index (κ2) is 7.50. The molecular formula is C14H19N3OS2. The second-order valence-electron chi connectivity index (χ2n) is 4.50. The summed E-state index contributed by atoms with van der Waals surface area (Å²) in [6.07, 6.45) is 0.992. The third kappa shape index (κ3) is 4.68. The van der Waals surface area contributed by atoms with Gasteiger partial charge in [-0.15, -0.1) is 10.2 Å². The molecule has 0 amide bonds. The normalized spacial score (nSPS) is 10.6. The first-order valence-electron chi connectivity index (χ1n) is 6.52. The molecule has 2 aromatic rings. The van der Waals surface area contributed by atoms with Gasteiger partial charge in [0.05, 0.1) is 6.61 Å². The van der Waals surface area contributed by atoms with E-state index in [1.165, 1.54) is 11.1 Å². The molecule has 0 fully saturated rings. The average Bonchev–Trinajstić information content (AvgIpc) is 2.85. The quantitative estimate of drug-likeness (QED) is 0.623. The van der Waals surface area contributed by atoms with E-state index in [2.05, 4.69) is 47.6 Å². The molecule has 0 aliphatic rings. The summed E-state index contributed by atoms with van der Waals surface area (Å²) in [6.45, 7) is 4.91. The van der Waals surface area contributed by atoms with Gasteiger partial charge < -0.3 is 10.1 Å². The molecule has 108 valence electrons. The van der Waals surface area contributed by atoms with Crippen LogP contribution in [0, 0.1) is 13.8 Å². The van der Waals surface area contributed by atoms with E-state index in [-0.39, 0.29) is 0 Å². The van der Waals surface area contributed by atoms with Crippen molar-refractivity contribution in [1.29, 1.82) is 0 Å². The van der Waals surface area contributed by atoms with E-state index in [1.54, 1.807) is 23.1 Å². The maximum Gasteiger partial charge on any atom is 0.206 e. The summed E-state index contributed by atoms with van der Waals surface area (Å²) in [7, 11) is 1.85. The van der Waals surface area contributed by atoms with Crippen molar-refractivity contribution in [2.45, 2.75) is 24.6 Å². The first kappa shape index (κ1) is 15.1. The van der Waals surface area contributed by atoms with Crippen LogP contribution >= 0.6 is 23.1 Å². The van der Waals surface area contributed by atoms with Crippen LogP contribution < -0.4 is 10.1 Å². The van der Waals surface area contributed by atoms with Gasteiger partial charge in [0, 0.05) is 12.8 Å². The second-order valence-corrected chi connectivity index (χ2v) is 6.82. The van der Waals surface area contributed by atoms with E-state index in [0.29, 0.717) is 0 Å². The standard InChI is InChI=1S/C14H19N3OS2/c1-10-7-11(2)9-12(8-10)18-5-4-6-19-14-17-16-13(15-3)20-14/h7-9H,4-6H2,1-3H3,(H,15,16). The van der Waals surface area contributed by atoms with Crippen molar-refractivity contribution in [1.82, 2.24) is 10.2 Å². The Labute approximate surface area is 128 Å². The summed E-state index contributed by atoms with van der Waals surface area (Å²) in [6, 6.07) is 6.30. The lowest BCUT2D eigenvalue weighted by atomic mass is 10.1. The fraction of sp³-hybridized carbons (Fsp3) is 0.429. The fourth-order valence-corrected chi connectivity index (χ4v) is 3.48. The number of benzene rings is 1. The molecule has 0 aliphatic carbocycles. The third-order valence-corrected chi connectivity index (χ3v) is 4.76. The number of hydrogen-bond acceptors (Lipinski definition) is 6. The lowest BCUT2D eigenvalue weighted by molar-refractivity contribution is 0.318. The molecule has 1 N–H and O–H groups in total. The first-order valence-corrected chi connectivity index (χ1v) is 8.33. The van der Waals surface area contributed by atoms with Gasteiger partial charge in [0.2, 0.25) is 5.13 Å². The van der Waals surface area contributed by atoms with Gasteiger partial charge in [-0.1, -0.05) is 29.2 Å². The highest BCUT2D eigenvalue weighted by Gasteiger charge is 2.03. The van der Waals surface area contributed by atoms with Crippen LogP contribution in [0.3, 0.4) is 0 Å². The predicted octanol–water partition coefficient (Wildman–Crippen LogP) is 3.76. The SMILES string of the molecule is CNc1nnc(SCCCOc2cc(C)cc(C)c2)s1. The van der Waals surface area contributed by atoms with Crippen LogP contribution in [0.4, 0.5) is 5.13 Å². The topological polar surface area (TPSA) is 47.0 Å². The monoisotopic (exact) mass is 309 g/mol. The molecule has 6 heteroatoms.